The van der Waals surface area contributed by atoms with Crippen LogP contribution in [0, 0.1) is 12.3 Å². The van der Waals surface area contributed by atoms with Crippen molar-refractivity contribution in [1.82, 2.24) is 0 Å². The van der Waals surface area contributed by atoms with Gasteiger partial charge in [0.25, 0.3) is 0 Å². The molecule has 0 aromatic rings. The van der Waals surface area contributed by atoms with Crippen molar-refractivity contribution in [3.05, 3.63) is 6.42 Å². The van der Waals surface area contributed by atoms with Gasteiger partial charge in [0.15, 0.2) is 0 Å². The van der Waals surface area contributed by atoms with Crippen LogP contribution in [0.5, 0.6) is 0 Å². The van der Waals surface area contributed by atoms with Crippen LogP contribution in [0.2, 0.25) is 0 Å². The third kappa shape index (κ3) is 10.8. The van der Waals surface area contributed by atoms with Gasteiger partial charge in [-0.05, 0) is 13.3 Å². The predicted molar refractivity (Wildman–Crippen MR) is 20.0 cm³/mol. The quantitative estimate of drug-likeness (QED) is 0.282. The molecule has 0 amide bonds. The fourth-order valence-electron chi connectivity index (χ4n) is 0. The van der Waals surface area contributed by atoms with E-state index in [1.807, 2.05) is 5.92 Å². The molecule has 0 aliphatic rings. The van der Waals surface area contributed by atoms with Crippen LogP contribution in [0.3, 0.4) is 0 Å². The standard InChI is InChI=1S/C3H3.K.H/c1-3-2;;/h1H3;;. The molecule has 0 rings (SSSR count). The third-order valence-electron chi connectivity index (χ3n) is 0. The van der Waals surface area contributed by atoms with Crippen LogP contribution in [0.25, 0.3) is 0 Å². The maximum absolute atomic E-state index is 5.96. The predicted octanol–water partition coefficient (Wildman–Crippen LogP) is -0.0524. The van der Waals surface area contributed by atoms with Crippen molar-refractivity contribution >= 4 is 51.4 Å². The van der Waals surface area contributed by atoms with Crippen LogP contribution in [-0.2, 0) is 0 Å². The van der Waals surface area contributed by atoms with E-state index >= 15 is 0 Å². The first-order valence-corrected chi connectivity index (χ1v) is 0.750. The molecule has 0 unspecified atom stereocenters. The SMILES string of the molecule is [C]#CC.[KH]. The summed E-state index contributed by atoms with van der Waals surface area (Å²) in [5, 5.41) is 0. The Labute approximate surface area is 69.4 Å². The molecule has 0 N–H and O–H groups in total. The van der Waals surface area contributed by atoms with Crippen LogP contribution in [0.1, 0.15) is 6.92 Å². The van der Waals surface area contributed by atoms with E-state index in [2.05, 4.69) is 0 Å². The van der Waals surface area contributed by atoms with Crippen molar-refractivity contribution in [1.29, 1.82) is 0 Å². The summed E-state index contributed by atoms with van der Waals surface area (Å²) in [4.78, 5) is 0. The zero-order chi connectivity index (χ0) is 2.71. The molecule has 0 fully saturated rings. The van der Waals surface area contributed by atoms with Gasteiger partial charge in [-0.15, -0.1) is 0 Å². The van der Waals surface area contributed by atoms with Gasteiger partial charge in [0, 0.05) is 0 Å². The Morgan fingerprint density at radius 3 is 1.75 bits per heavy atom. The Hall–Kier alpha value is 1.20. The molecule has 17 valence electrons. The Morgan fingerprint density at radius 1 is 1.75 bits per heavy atom. The van der Waals surface area contributed by atoms with E-state index in [0.717, 1.165) is 0 Å². The van der Waals surface area contributed by atoms with Crippen LogP contribution in [0.4, 0.5) is 0 Å². The maximum atomic E-state index is 5.96. The fourth-order valence-corrected chi connectivity index (χ4v) is 0. The molecule has 0 saturated heterocycles. The normalized spacial score (nSPS) is 2.00. The summed E-state index contributed by atoms with van der Waals surface area (Å²) < 4.78 is 0. The molecule has 0 aliphatic carbocycles. The Morgan fingerprint density at radius 2 is 1.75 bits per heavy atom. The monoisotopic (exact) mass is 79.0 g/mol. The van der Waals surface area contributed by atoms with E-state index in [0.29, 0.717) is 0 Å². The summed E-state index contributed by atoms with van der Waals surface area (Å²) in [6, 6.07) is 0. The van der Waals surface area contributed by atoms with Gasteiger partial charge >= 0.3 is 51.4 Å². The molecule has 1 heteroatoms. The first-order chi connectivity index (χ1) is 1.41. The second-order valence-corrected chi connectivity index (χ2v) is 0.250. The first-order valence-electron chi connectivity index (χ1n) is 0.750. The van der Waals surface area contributed by atoms with Crippen LogP contribution in [0.15, 0.2) is 0 Å². The minimum atomic E-state index is 0. The molecule has 0 aromatic carbocycles. The van der Waals surface area contributed by atoms with E-state index in [1.165, 1.54) is 0 Å². The first kappa shape index (κ1) is 8.96. The van der Waals surface area contributed by atoms with Crippen molar-refractivity contribution in [2.24, 2.45) is 0 Å². The molecule has 4 heavy (non-hydrogen) atoms. The molecular formula is C3H4K. The molecule has 0 nitrogen and oxygen atoms in total. The van der Waals surface area contributed by atoms with Gasteiger partial charge in [-0.3, -0.25) is 0 Å². The molecule has 0 aromatic heterocycles. The molecule has 0 spiro atoms. The second kappa shape index (κ2) is 8.89. The Kier molecular flexibility index (Phi) is 19.9. The Bertz CT molecular complexity index is 24.8. The van der Waals surface area contributed by atoms with Crippen molar-refractivity contribution in [3.8, 4) is 5.92 Å². The molecule has 0 saturated carbocycles. The van der Waals surface area contributed by atoms with E-state index in [9.17, 15) is 0 Å². The van der Waals surface area contributed by atoms with Gasteiger partial charge in [0.05, 0.1) is 0 Å². The van der Waals surface area contributed by atoms with Crippen LogP contribution >= 0.6 is 0 Å². The van der Waals surface area contributed by atoms with Crippen molar-refractivity contribution in [2.45, 2.75) is 6.92 Å². The van der Waals surface area contributed by atoms with Gasteiger partial charge in [-0.1, -0.05) is 5.92 Å². The van der Waals surface area contributed by atoms with E-state index in [-0.39, 0.29) is 51.4 Å². The van der Waals surface area contributed by atoms with E-state index in [4.69, 9.17) is 6.42 Å². The second-order valence-electron chi connectivity index (χ2n) is 0.250. The summed E-state index contributed by atoms with van der Waals surface area (Å²) in [6.07, 6.45) is 5.96. The van der Waals surface area contributed by atoms with Crippen molar-refractivity contribution in [2.75, 3.05) is 0 Å². The van der Waals surface area contributed by atoms with E-state index < -0.39 is 0 Å². The van der Waals surface area contributed by atoms with Gasteiger partial charge < -0.3 is 0 Å². The zero-order valence-electron chi connectivity index (χ0n) is 2.00. The molecule has 0 heterocycles. The molecular weight excluding hydrogens is 75.1 g/mol. The van der Waals surface area contributed by atoms with Crippen molar-refractivity contribution < 1.29 is 0 Å². The molecule has 1 radical (unpaired) electrons. The van der Waals surface area contributed by atoms with E-state index in [1.54, 1.807) is 6.92 Å². The summed E-state index contributed by atoms with van der Waals surface area (Å²) in [5.74, 6) is 2.00. The molecule has 0 aliphatic heterocycles. The Balaban J connectivity index is 0. The van der Waals surface area contributed by atoms with Crippen LogP contribution in [-0.4, -0.2) is 51.4 Å². The summed E-state index contributed by atoms with van der Waals surface area (Å²) >= 11 is 0. The summed E-state index contributed by atoms with van der Waals surface area (Å²) in [7, 11) is 0. The number of hydrogen-bond donors (Lipinski definition) is 0. The number of rotatable bonds is 0. The zero-order valence-corrected chi connectivity index (χ0v) is 2.00. The van der Waals surface area contributed by atoms with Gasteiger partial charge in [-0.25, -0.2) is 0 Å². The number of hydrogen-bond acceptors (Lipinski definition) is 0. The molecule has 0 atom stereocenters. The van der Waals surface area contributed by atoms with Crippen LogP contribution < -0.4 is 0 Å². The van der Waals surface area contributed by atoms with Gasteiger partial charge in [0.2, 0.25) is 0 Å². The van der Waals surface area contributed by atoms with Gasteiger partial charge in [0.1, 0.15) is 0 Å². The summed E-state index contributed by atoms with van der Waals surface area (Å²) in [5.41, 5.74) is 0. The van der Waals surface area contributed by atoms with Gasteiger partial charge in [-0.2, -0.15) is 0 Å². The third-order valence-corrected chi connectivity index (χ3v) is 0. The average Bonchev–Trinajstić information content (AvgIpc) is 0.918. The molecule has 0 bridgehead atoms. The summed E-state index contributed by atoms with van der Waals surface area (Å²) in [6.45, 7) is 1.54. The topological polar surface area (TPSA) is 0 Å². The van der Waals surface area contributed by atoms with Crippen molar-refractivity contribution in [3.63, 3.8) is 0 Å². The average molecular weight is 79.2 g/mol. The fraction of sp³-hybridized carbons (Fsp3) is 0.333. The minimum absolute atomic E-state index is 0.